The van der Waals surface area contributed by atoms with Gasteiger partial charge in [-0.05, 0) is 17.7 Å². The van der Waals surface area contributed by atoms with Crippen LogP contribution in [0, 0.1) is 5.82 Å². The summed E-state index contributed by atoms with van der Waals surface area (Å²) < 4.78 is 15.9. The van der Waals surface area contributed by atoms with E-state index in [1.165, 1.54) is 6.07 Å². The Hall–Kier alpha value is -1.20. The Bertz CT molecular complexity index is 527. The molecule has 0 saturated heterocycles. The fraction of sp³-hybridized carbons (Fsp3) is 0.250. The highest BCUT2D eigenvalue weighted by molar-refractivity contribution is 9.10. The lowest BCUT2D eigenvalue weighted by Gasteiger charge is -2.10. The number of hydrogen-bond acceptors (Lipinski definition) is 2. The van der Waals surface area contributed by atoms with Gasteiger partial charge in [0.2, 0.25) is 0 Å². The number of hydrogen-bond donors (Lipinski definition) is 1. The number of aryl methyl sites for hydroxylation is 1. The number of nitrogens with zero attached hydrogens (tertiary/aromatic N) is 2. The minimum Gasteiger partial charge on any atom is -0.388 e. The lowest BCUT2D eigenvalue weighted by atomic mass is 10.0. The summed E-state index contributed by atoms with van der Waals surface area (Å²) in [6.07, 6.45) is 2.97. The van der Waals surface area contributed by atoms with Gasteiger partial charge < -0.3 is 5.11 Å². The van der Waals surface area contributed by atoms with Crippen molar-refractivity contribution in [2.45, 2.75) is 12.5 Å². The minimum atomic E-state index is -0.854. The molecule has 0 amide bonds. The SMILES string of the molecule is Cn1cc(CC(O)c2ccc(Br)cc2F)cn1. The molecule has 1 N–H and O–H groups in total. The maximum atomic E-state index is 13.6. The van der Waals surface area contributed by atoms with E-state index in [0.717, 1.165) is 5.56 Å². The Balaban J connectivity index is 2.17. The zero-order chi connectivity index (χ0) is 12.4. The standard InChI is InChI=1S/C12H12BrFN2O/c1-16-7-8(6-15-16)4-12(17)10-3-2-9(13)5-11(10)14/h2-3,5-7,12,17H,4H2,1H3. The molecule has 90 valence electrons. The third kappa shape index (κ3) is 2.92. The molecular formula is C12H12BrFN2O. The topological polar surface area (TPSA) is 38.0 Å². The molecule has 2 rings (SSSR count). The first-order valence-corrected chi connectivity index (χ1v) is 5.96. The Morgan fingerprint density at radius 3 is 2.88 bits per heavy atom. The van der Waals surface area contributed by atoms with Gasteiger partial charge in [-0.1, -0.05) is 22.0 Å². The molecule has 0 fully saturated rings. The number of aliphatic hydroxyl groups is 1. The van der Waals surface area contributed by atoms with Gasteiger partial charge in [-0.25, -0.2) is 4.39 Å². The first-order valence-electron chi connectivity index (χ1n) is 5.17. The van der Waals surface area contributed by atoms with Gasteiger partial charge >= 0.3 is 0 Å². The van der Waals surface area contributed by atoms with Crippen LogP contribution in [-0.2, 0) is 13.5 Å². The van der Waals surface area contributed by atoms with E-state index >= 15 is 0 Å². The number of aromatic nitrogens is 2. The van der Waals surface area contributed by atoms with E-state index in [9.17, 15) is 9.50 Å². The van der Waals surface area contributed by atoms with Crippen LogP contribution < -0.4 is 0 Å². The van der Waals surface area contributed by atoms with E-state index in [1.807, 2.05) is 0 Å². The average Bonchev–Trinajstić information content (AvgIpc) is 2.63. The second-order valence-corrected chi connectivity index (χ2v) is 4.82. The molecule has 1 aromatic heterocycles. The van der Waals surface area contributed by atoms with Crippen molar-refractivity contribution in [3.8, 4) is 0 Å². The maximum Gasteiger partial charge on any atom is 0.130 e. The molecule has 0 aliphatic rings. The van der Waals surface area contributed by atoms with Crippen LogP contribution in [0.5, 0.6) is 0 Å². The fourth-order valence-corrected chi connectivity index (χ4v) is 2.02. The van der Waals surface area contributed by atoms with E-state index in [2.05, 4.69) is 21.0 Å². The Morgan fingerprint density at radius 2 is 2.29 bits per heavy atom. The van der Waals surface area contributed by atoms with Crippen molar-refractivity contribution in [3.05, 3.63) is 52.0 Å². The molecule has 17 heavy (non-hydrogen) atoms. The highest BCUT2D eigenvalue weighted by Crippen LogP contribution is 2.23. The monoisotopic (exact) mass is 298 g/mol. The molecule has 0 bridgehead atoms. The van der Waals surface area contributed by atoms with E-state index < -0.39 is 11.9 Å². The third-order valence-electron chi connectivity index (χ3n) is 2.51. The molecule has 0 aliphatic carbocycles. The molecule has 5 heteroatoms. The molecule has 0 aliphatic heterocycles. The van der Waals surface area contributed by atoms with Crippen LogP contribution in [-0.4, -0.2) is 14.9 Å². The van der Waals surface area contributed by atoms with Gasteiger partial charge in [0.1, 0.15) is 5.82 Å². The lowest BCUT2D eigenvalue weighted by molar-refractivity contribution is 0.173. The van der Waals surface area contributed by atoms with Gasteiger partial charge in [-0.15, -0.1) is 0 Å². The number of rotatable bonds is 3. The smallest absolute Gasteiger partial charge is 0.130 e. The quantitative estimate of drug-likeness (QED) is 0.946. The summed E-state index contributed by atoms with van der Waals surface area (Å²) in [4.78, 5) is 0. The van der Waals surface area contributed by atoms with Crippen LogP contribution in [0.25, 0.3) is 0 Å². The first kappa shape index (κ1) is 12.3. The summed E-state index contributed by atoms with van der Waals surface area (Å²) in [6.45, 7) is 0. The van der Waals surface area contributed by atoms with Gasteiger partial charge in [0, 0.05) is 29.7 Å². The largest absolute Gasteiger partial charge is 0.388 e. The normalized spacial score (nSPS) is 12.7. The van der Waals surface area contributed by atoms with Crippen molar-refractivity contribution in [3.63, 3.8) is 0 Å². The number of benzene rings is 1. The zero-order valence-electron chi connectivity index (χ0n) is 9.27. The molecule has 0 spiro atoms. The number of aliphatic hydroxyl groups excluding tert-OH is 1. The summed E-state index contributed by atoms with van der Waals surface area (Å²) in [5, 5.41) is 14.0. The van der Waals surface area contributed by atoms with Crippen LogP contribution >= 0.6 is 15.9 Å². The predicted octanol–water partition coefficient (Wildman–Crippen LogP) is 2.60. The summed E-state index contributed by atoms with van der Waals surface area (Å²) in [6, 6.07) is 4.65. The maximum absolute atomic E-state index is 13.6. The number of halogens is 2. The highest BCUT2D eigenvalue weighted by Gasteiger charge is 2.14. The van der Waals surface area contributed by atoms with Crippen molar-refractivity contribution >= 4 is 15.9 Å². The molecule has 0 saturated carbocycles. The molecule has 2 aromatic rings. The van der Waals surface area contributed by atoms with Crippen LogP contribution in [0.3, 0.4) is 0 Å². The van der Waals surface area contributed by atoms with E-state index in [0.29, 0.717) is 16.5 Å². The molecule has 3 nitrogen and oxygen atoms in total. The Kier molecular flexibility index (Phi) is 3.59. The van der Waals surface area contributed by atoms with Crippen LogP contribution in [0.1, 0.15) is 17.2 Å². The molecule has 1 heterocycles. The van der Waals surface area contributed by atoms with Gasteiger partial charge in [-0.3, -0.25) is 4.68 Å². The van der Waals surface area contributed by atoms with Crippen molar-refractivity contribution in [2.24, 2.45) is 7.05 Å². The van der Waals surface area contributed by atoms with E-state index in [4.69, 9.17) is 0 Å². The highest BCUT2D eigenvalue weighted by atomic mass is 79.9. The van der Waals surface area contributed by atoms with Crippen molar-refractivity contribution in [2.75, 3.05) is 0 Å². The average molecular weight is 299 g/mol. The van der Waals surface area contributed by atoms with Gasteiger partial charge in [0.05, 0.1) is 12.3 Å². The van der Waals surface area contributed by atoms with Crippen molar-refractivity contribution in [1.29, 1.82) is 0 Å². The van der Waals surface area contributed by atoms with Gasteiger partial charge in [0.15, 0.2) is 0 Å². The Labute approximate surface area is 107 Å². The summed E-state index contributed by atoms with van der Waals surface area (Å²) >= 11 is 3.18. The second kappa shape index (κ2) is 4.98. The van der Waals surface area contributed by atoms with Crippen LogP contribution in [0.15, 0.2) is 35.1 Å². The Morgan fingerprint density at radius 1 is 1.53 bits per heavy atom. The predicted molar refractivity (Wildman–Crippen MR) is 66.0 cm³/mol. The van der Waals surface area contributed by atoms with E-state index in [-0.39, 0.29) is 0 Å². The summed E-state index contributed by atoms with van der Waals surface area (Å²) in [5.74, 6) is -0.407. The van der Waals surface area contributed by atoms with E-state index in [1.54, 1.807) is 36.3 Å². The van der Waals surface area contributed by atoms with Gasteiger partial charge in [0.25, 0.3) is 0 Å². The third-order valence-corrected chi connectivity index (χ3v) is 3.00. The minimum absolute atomic E-state index is 0.303. The van der Waals surface area contributed by atoms with Crippen LogP contribution in [0.4, 0.5) is 4.39 Å². The van der Waals surface area contributed by atoms with Crippen molar-refractivity contribution in [1.82, 2.24) is 9.78 Å². The summed E-state index contributed by atoms with van der Waals surface area (Å²) in [5.41, 5.74) is 1.18. The van der Waals surface area contributed by atoms with Gasteiger partial charge in [-0.2, -0.15) is 5.10 Å². The molecular weight excluding hydrogens is 287 g/mol. The van der Waals surface area contributed by atoms with Crippen molar-refractivity contribution < 1.29 is 9.50 Å². The molecule has 1 aromatic carbocycles. The molecule has 0 radical (unpaired) electrons. The lowest BCUT2D eigenvalue weighted by Crippen LogP contribution is -2.03. The fourth-order valence-electron chi connectivity index (χ4n) is 1.68. The summed E-state index contributed by atoms with van der Waals surface area (Å²) in [7, 11) is 1.80. The first-order chi connectivity index (χ1) is 8.06. The molecule has 1 atom stereocenters. The second-order valence-electron chi connectivity index (χ2n) is 3.91. The zero-order valence-corrected chi connectivity index (χ0v) is 10.9. The van der Waals surface area contributed by atoms with Crippen LogP contribution in [0.2, 0.25) is 0 Å². The molecule has 1 unspecified atom stereocenters.